The summed E-state index contributed by atoms with van der Waals surface area (Å²) in [6.07, 6.45) is 41.2. The Labute approximate surface area is 367 Å². The van der Waals surface area contributed by atoms with Crippen molar-refractivity contribution in [1.29, 1.82) is 10.8 Å². The van der Waals surface area contributed by atoms with Gasteiger partial charge in [0.2, 0.25) is 0 Å². The average molecular weight is 855 g/mol. The first-order valence-corrected chi connectivity index (χ1v) is 26.9. The van der Waals surface area contributed by atoms with Gasteiger partial charge >= 0.3 is 11.9 Å². The zero-order valence-corrected chi connectivity index (χ0v) is 39.8. The molecule has 0 bridgehead atoms. The van der Waals surface area contributed by atoms with E-state index in [4.69, 9.17) is 20.3 Å². The number of hydrogen-bond donors (Lipinski definition) is 4. The van der Waals surface area contributed by atoms with Gasteiger partial charge in [-0.15, -0.1) is 0 Å². The molecule has 0 aromatic rings. The Morgan fingerprint density at radius 3 is 0.948 bits per heavy atom. The molecule has 342 valence electrons. The summed E-state index contributed by atoms with van der Waals surface area (Å²) in [7, 11) is 0. The third-order valence-electron chi connectivity index (χ3n) is 10.7. The third-order valence-corrected chi connectivity index (χ3v) is 12.8. The summed E-state index contributed by atoms with van der Waals surface area (Å²) in [5.41, 5.74) is 0. The van der Waals surface area contributed by atoms with Crippen LogP contribution in [0.25, 0.3) is 0 Å². The van der Waals surface area contributed by atoms with E-state index < -0.39 is 0 Å². The highest BCUT2D eigenvalue weighted by atomic mass is 32.2. The van der Waals surface area contributed by atoms with Crippen molar-refractivity contribution in [2.75, 3.05) is 49.3 Å². The monoisotopic (exact) mass is 855 g/mol. The lowest BCUT2D eigenvalue weighted by atomic mass is 10.0. The van der Waals surface area contributed by atoms with Crippen molar-refractivity contribution in [3.8, 4) is 0 Å². The molecular weight excluding hydrogens is 761 g/mol. The smallest absolute Gasteiger partial charge is 0.306 e. The molecule has 0 aromatic heterocycles. The first-order chi connectivity index (χ1) is 28.5. The molecule has 0 aliphatic rings. The largest absolute Gasteiger partial charge is 0.466 e. The van der Waals surface area contributed by atoms with Crippen molar-refractivity contribution < 1.29 is 19.1 Å². The molecule has 10 heteroatoms. The highest BCUT2D eigenvalue weighted by Crippen LogP contribution is 2.15. The highest BCUT2D eigenvalue weighted by molar-refractivity contribution is 7.99. The molecule has 8 nitrogen and oxygen atoms in total. The van der Waals surface area contributed by atoms with Crippen LogP contribution in [0.15, 0.2) is 0 Å². The summed E-state index contributed by atoms with van der Waals surface area (Å²) in [5, 5.41) is 22.6. The minimum absolute atomic E-state index is 0.0871. The van der Waals surface area contributed by atoms with Gasteiger partial charge in [0, 0.05) is 37.4 Å². The quantitative estimate of drug-likeness (QED) is 0.0206. The van der Waals surface area contributed by atoms with Crippen LogP contribution in [-0.4, -0.2) is 72.9 Å². The maximum absolute atomic E-state index is 12.0. The molecule has 0 radical (unpaired) electrons. The average Bonchev–Trinajstić information content (AvgIpc) is 3.22. The second kappa shape index (κ2) is 48.2. The molecule has 0 aliphatic heterocycles. The lowest BCUT2D eigenvalue weighted by Gasteiger charge is -2.11. The Bertz CT molecular complexity index is 854. The van der Waals surface area contributed by atoms with Gasteiger partial charge in [0.15, 0.2) is 0 Å². The molecule has 0 rings (SSSR count). The van der Waals surface area contributed by atoms with E-state index in [1.165, 1.54) is 154 Å². The van der Waals surface area contributed by atoms with E-state index in [2.05, 4.69) is 24.5 Å². The number of carbonyl (C=O) groups is 2. The molecule has 0 saturated carbocycles. The molecule has 4 N–H and O–H groups in total. The van der Waals surface area contributed by atoms with E-state index in [1.54, 1.807) is 23.5 Å². The van der Waals surface area contributed by atoms with E-state index >= 15 is 0 Å². The van der Waals surface area contributed by atoms with Crippen LogP contribution in [0, 0.1) is 10.8 Å². The zero-order chi connectivity index (χ0) is 42.3. The van der Waals surface area contributed by atoms with Crippen molar-refractivity contribution in [2.45, 2.75) is 232 Å². The second-order valence-corrected chi connectivity index (χ2v) is 18.8. The molecule has 58 heavy (non-hydrogen) atoms. The fourth-order valence-corrected chi connectivity index (χ4v) is 8.66. The minimum Gasteiger partial charge on any atom is -0.466 e. The SMILES string of the molecule is CCCCCCCCCCCCCCCCOC(=O)CCSCCCC(=N)NCCNC(=N)CCCSCCC(=O)OCCCCCCCCCCCCCCCC. The predicted octanol–water partition coefficient (Wildman–Crippen LogP) is 14.0. The number of esters is 2. The number of thioether (sulfide) groups is 2. The molecule has 0 saturated heterocycles. The van der Waals surface area contributed by atoms with Crippen LogP contribution in [0.2, 0.25) is 0 Å². The summed E-state index contributed by atoms with van der Waals surface area (Å²) >= 11 is 3.50. The number of amidine groups is 2. The summed E-state index contributed by atoms with van der Waals surface area (Å²) in [4.78, 5) is 24.0. The fraction of sp³-hybridized carbons (Fsp3) is 0.917. The van der Waals surface area contributed by atoms with Crippen LogP contribution in [0.5, 0.6) is 0 Å². The van der Waals surface area contributed by atoms with E-state index in [9.17, 15) is 9.59 Å². The number of unbranched alkanes of at least 4 members (excludes halogenated alkanes) is 26. The van der Waals surface area contributed by atoms with Crippen molar-refractivity contribution in [3.05, 3.63) is 0 Å². The summed E-state index contributed by atoms with van der Waals surface area (Å²) in [5.74, 6) is 4.28. The Kier molecular flexibility index (Phi) is 47.1. The van der Waals surface area contributed by atoms with E-state index in [-0.39, 0.29) is 11.9 Å². The van der Waals surface area contributed by atoms with Gasteiger partial charge in [-0.2, -0.15) is 23.5 Å². The van der Waals surface area contributed by atoms with Gasteiger partial charge in [-0.05, 0) is 37.2 Å². The molecule has 0 fully saturated rings. The van der Waals surface area contributed by atoms with E-state index in [0.29, 0.717) is 63.7 Å². The van der Waals surface area contributed by atoms with Crippen LogP contribution in [0.3, 0.4) is 0 Å². The first kappa shape index (κ1) is 56.6. The van der Waals surface area contributed by atoms with Crippen molar-refractivity contribution in [3.63, 3.8) is 0 Å². The van der Waals surface area contributed by atoms with Gasteiger partial charge in [0.25, 0.3) is 0 Å². The Morgan fingerprint density at radius 1 is 0.379 bits per heavy atom. The van der Waals surface area contributed by atoms with Gasteiger partial charge in [-0.3, -0.25) is 20.4 Å². The van der Waals surface area contributed by atoms with Gasteiger partial charge in [0.05, 0.1) is 37.7 Å². The number of ether oxygens (including phenoxy) is 2. The Morgan fingerprint density at radius 2 is 0.655 bits per heavy atom. The molecule has 0 atom stereocenters. The normalized spacial score (nSPS) is 11.1. The van der Waals surface area contributed by atoms with Crippen LogP contribution in [0.4, 0.5) is 0 Å². The van der Waals surface area contributed by atoms with Crippen LogP contribution in [0.1, 0.15) is 232 Å². The lowest BCUT2D eigenvalue weighted by Crippen LogP contribution is -2.34. The third kappa shape index (κ3) is 47.3. The van der Waals surface area contributed by atoms with Crippen LogP contribution in [-0.2, 0) is 19.1 Å². The molecule has 0 spiro atoms. The maximum atomic E-state index is 12.0. The molecule has 0 aromatic carbocycles. The first-order valence-electron chi connectivity index (χ1n) is 24.6. The predicted molar refractivity (Wildman–Crippen MR) is 256 cm³/mol. The van der Waals surface area contributed by atoms with Gasteiger partial charge in [-0.1, -0.05) is 181 Å². The lowest BCUT2D eigenvalue weighted by molar-refractivity contribution is -0.144. The van der Waals surface area contributed by atoms with Crippen LogP contribution >= 0.6 is 23.5 Å². The van der Waals surface area contributed by atoms with E-state index in [1.807, 2.05) is 0 Å². The van der Waals surface area contributed by atoms with Gasteiger partial charge in [-0.25, -0.2) is 0 Å². The Hall–Kier alpha value is -1.42. The van der Waals surface area contributed by atoms with Crippen molar-refractivity contribution >= 4 is 47.1 Å². The summed E-state index contributed by atoms with van der Waals surface area (Å²) in [6.45, 7) is 6.90. The maximum Gasteiger partial charge on any atom is 0.306 e. The molecular formula is C48H94N4O4S2. The molecule has 0 aliphatic carbocycles. The van der Waals surface area contributed by atoms with Gasteiger partial charge < -0.3 is 20.1 Å². The minimum atomic E-state index is -0.0871. The zero-order valence-electron chi connectivity index (χ0n) is 38.1. The second-order valence-electron chi connectivity index (χ2n) is 16.4. The standard InChI is InChI=1S/C48H94N4O4S2/c1-3-5-7-9-11-13-15-17-19-21-23-25-27-29-39-55-47(53)35-43-57-41-31-33-45(49)51-37-38-52-46(50)34-32-42-58-44-36-48(54)56-40-30-28-26-24-22-20-18-16-14-12-10-8-6-4-2/h3-44H2,1-2H3,(H2,49,51)(H2,50,52). The topological polar surface area (TPSA) is 124 Å². The van der Waals surface area contributed by atoms with Crippen LogP contribution < -0.4 is 10.6 Å². The van der Waals surface area contributed by atoms with Crippen molar-refractivity contribution in [1.82, 2.24) is 10.6 Å². The van der Waals surface area contributed by atoms with Crippen molar-refractivity contribution in [2.24, 2.45) is 0 Å². The highest BCUT2D eigenvalue weighted by Gasteiger charge is 2.06. The number of carbonyl (C=O) groups excluding carboxylic acids is 2. The number of rotatable bonds is 47. The Balaban J connectivity index is 3.38. The molecule has 0 heterocycles. The fourth-order valence-electron chi connectivity index (χ4n) is 6.93. The molecule has 0 amide bonds. The molecule has 0 unspecified atom stereocenters. The number of hydrogen-bond acceptors (Lipinski definition) is 8. The summed E-state index contributed by atoms with van der Waals surface area (Å²) in [6, 6.07) is 0. The summed E-state index contributed by atoms with van der Waals surface area (Å²) < 4.78 is 10.8. The van der Waals surface area contributed by atoms with E-state index in [0.717, 1.165) is 61.5 Å². The van der Waals surface area contributed by atoms with Gasteiger partial charge in [0.1, 0.15) is 0 Å². The number of nitrogens with one attached hydrogen (secondary N) is 4.